The van der Waals surface area contributed by atoms with Gasteiger partial charge in [0.15, 0.2) is 0 Å². The van der Waals surface area contributed by atoms with E-state index in [4.69, 9.17) is 23.2 Å². The predicted octanol–water partition coefficient (Wildman–Crippen LogP) is 2.47. The number of rotatable bonds is 5. The standard InChI is InChI=1S/C15H20Cl2N2O3S/c1-23(21,22)18-12-5-3-9-19(10-12)14(20)8-7-11-4-2-6-13(16)15(11)17/h2,4,6,12,18H,3,5,7-10H2,1H3/t12-/m0/s1. The molecule has 1 N–H and O–H groups in total. The van der Waals surface area contributed by atoms with E-state index in [1.165, 1.54) is 0 Å². The third-order valence-corrected chi connectivity index (χ3v) is 5.41. The maximum atomic E-state index is 12.4. The number of likely N-dealkylation sites (tertiary alicyclic amines) is 1. The molecule has 1 saturated heterocycles. The molecular weight excluding hydrogens is 359 g/mol. The molecule has 1 heterocycles. The predicted molar refractivity (Wildman–Crippen MR) is 92.4 cm³/mol. The van der Waals surface area contributed by atoms with E-state index in [1.54, 1.807) is 17.0 Å². The molecule has 1 aliphatic rings. The minimum Gasteiger partial charge on any atom is -0.341 e. The lowest BCUT2D eigenvalue weighted by Gasteiger charge is -2.32. The number of sulfonamides is 1. The lowest BCUT2D eigenvalue weighted by atomic mass is 10.0. The Morgan fingerprint density at radius 2 is 2.13 bits per heavy atom. The Morgan fingerprint density at radius 1 is 1.39 bits per heavy atom. The minimum absolute atomic E-state index is 0.000966. The first-order valence-electron chi connectivity index (χ1n) is 7.44. The molecule has 1 atom stereocenters. The van der Waals surface area contributed by atoms with Gasteiger partial charge < -0.3 is 4.90 Å². The first kappa shape index (κ1) is 18.5. The summed E-state index contributed by atoms with van der Waals surface area (Å²) >= 11 is 12.1. The largest absolute Gasteiger partial charge is 0.341 e. The normalized spacial score (nSPS) is 18.9. The van der Waals surface area contributed by atoms with Crippen molar-refractivity contribution in [2.75, 3.05) is 19.3 Å². The molecule has 128 valence electrons. The molecule has 1 aromatic carbocycles. The highest BCUT2D eigenvalue weighted by Gasteiger charge is 2.25. The summed E-state index contributed by atoms with van der Waals surface area (Å²) < 4.78 is 25.2. The zero-order chi connectivity index (χ0) is 17.0. The van der Waals surface area contributed by atoms with Crippen molar-refractivity contribution in [3.8, 4) is 0 Å². The Labute approximate surface area is 147 Å². The third-order valence-electron chi connectivity index (χ3n) is 3.79. The monoisotopic (exact) mass is 378 g/mol. The van der Waals surface area contributed by atoms with Gasteiger partial charge in [-0.15, -0.1) is 0 Å². The topological polar surface area (TPSA) is 66.5 Å². The van der Waals surface area contributed by atoms with Gasteiger partial charge in [-0.25, -0.2) is 13.1 Å². The fourth-order valence-electron chi connectivity index (χ4n) is 2.74. The molecule has 1 amide bonds. The van der Waals surface area contributed by atoms with Crippen LogP contribution in [0.1, 0.15) is 24.8 Å². The average Bonchev–Trinajstić information content (AvgIpc) is 2.47. The van der Waals surface area contributed by atoms with Gasteiger partial charge in [0.05, 0.1) is 16.3 Å². The minimum atomic E-state index is -3.26. The summed E-state index contributed by atoms with van der Waals surface area (Å²) in [4.78, 5) is 14.1. The molecule has 1 aromatic rings. The summed E-state index contributed by atoms with van der Waals surface area (Å²) in [6.07, 6.45) is 3.51. The number of halogens is 2. The van der Waals surface area contributed by atoms with Gasteiger partial charge in [-0.2, -0.15) is 0 Å². The number of nitrogens with one attached hydrogen (secondary N) is 1. The number of benzene rings is 1. The maximum absolute atomic E-state index is 12.4. The SMILES string of the molecule is CS(=O)(=O)N[C@H]1CCCN(C(=O)CCc2cccc(Cl)c2Cl)C1. The number of carbonyl (C=O) groups is 1. The molecule has 1 aliphatic heterocycles. The molecule has 0 bridgehead atoms. The number of carbonyl (C=O) groups excluding carboxylic acids is 1. The number of hydrogen-bond acceptors (Lipinski definition) is 3. The van der Waals surface area contributed by atoms with E-state index in [9.17, 15) is 13.2 Å². The molecular formula is C15H20Cl2N2O3S. The summed E-state index contributed by atoms with van der Waals surface area (Å²) in [6.45, 7) is 1.07. The van der Waals surface area contributed by atoms with E-state index in [0.29, 0.717) is 36.0 Å². The Bertz CT molecular complexity index is 679. The zero-order valence-electron chi connectivity index (χ0n) is 12.9. The Hall–Kier alpha value is -0.820. The van der Waals surface area contributed by atoms with E-state index < -0.39 is 10.0 Å². The molecule has 1 fully saturated rings. The van der Waals surface area contributed by atoms with Crippen molar-refractivity contribution in [2.24, 2.45) is 0 Å². The first-order valence-corrected chi connectivity index (χ1v) is 10.1. The lowest BCUT2D eigenvalue weighted by molar-refractivity contribution is -0.132. The molecule has 23 heavy (non-hydrogen) atoms. The second kappa shape index (κ2) is 7.83. The fraction of sp³-hybridized carbons (Fsp3) is 0.533. The van der Waals surface area contributed by atoms with Gasteiger partial charge in [0, 0.05) is 25.6 Å². The highest BCUT2D eigenvalue weighted by atomic mass is 35.5. The lowest BCUT2D eigenvalue weighted by Crippen LogP contribution is -2.49. The molecule has 0 aromatic heterocycles. The van der Waals surface area contributed by atoms with E-state index in [1.807, 2.05) is 6.07 Å². The molecule has 5 nitrogen and oxygen atoms in total. The zero-order valence-corrected chi connectivity index (χ0v) is 15.2. The van der Waals surface area contributed by atoms with Crippen molar-refractivity contribution in [3.63, 3.8) is 0 Å². The maximum Gasteiger partial charge on any atom is 0.222 e. The smallest absolute Gasteiger partial charge is 0.222 e. The van der Waals surface area contributed by atoms with Gasteiger partial charge in [-0.3, -0.25) is 4.79 Å². The van der Waals surface area contributed by atoms with Gasteiger partial charge in [-0.1, -0.05) is 35.3 Å². The van der Waals surface area contributed by atoms with E-state index in [0.717, 1.165) is 24.7 Å². The van der Waals surface area contributed by atoms with Crippen LogP contribution in [0.15, 0.2) is 18.2 Å². The molecule has 2 rings (SSSR count). The average molecular weight is 379 g/mol. The van der Waals surface area contributed by atoms with Gasteiger partial charge >= 0.3 is 0 Å². The van der Waals surface area contributed by atoms with Gasteiger partial charge in [-0.05, 0) is 30.9 Å². The van der Waals surface area contributed by atoms with Crippen LogP contribution in [-0.4, -0.2) is 44.6 Å². The van der Waals surface area contributed by atoms with Gasteiger partial charge in [0.2, 0.25) is 15.9 Å². The van der Waals surface area contributed by atoms with Crippen LogP contribution in [0.2, 0.25) is 10.0 Å². The van der Waals surface area contributed by atoms with Crippen molar-refractivity contribution >= 4 is 39.1 Å². The quantitative estimate of drug-likeness (QED) is 0.855. The molecule has 8 heteroatoms. The Balaban J connectivity index is 1.91. The second-order valence-electron chi connectivity index (χ2n) is 5.78. The summed E-state index contributed by atoms with van der Waals surface area (Å²) in [7, 11) is -3.26. The summed E-state index contributed by atoms with van der Waals surface area (Å²) in [5, 5.41) is 0.962. The van der Waals surface area contributed by atoms with Crippen molar-refractivity contribution in [1.82, 2.24) is 9.62 Å². The summed E-state index contributed by atoms with van der Waals surface area (Å²) in [6, 6.07) is 5.16. The molecule has 0 aliphatic carbocycles. The van der Waals surface area contributed by atoms with Gasteiger partial charge in [0.25, 0.3) is 0 Å². The van der Waals surface area contributed by atoms with Crippen molar-refractivity contribution in [3.05, 3.63) is 33.8 Å². The van der Waals surface area contributed by atoms with Crippen LogP contribution in [0, 0.1) is 0 Å². The highest BCUT2D eigenvalue weighted by molar-refractivity contribution is 7.88. The summed E-state index contributed by atoms with van der Waals surface area (Å²) in [5.74, 6) is 0.000966. The number of aryl methyl sites for hydroxylation is 1. The van der Waals surface area contributed by atoms with Crippen LogP contribution >= 0.6 is 23.2 Å². The number of hydrogen-bond donors (Lipinski definition) is 1. The number of amides is 1. The molecule has 0 saturated carbocycles. The van der Waals surface area contributed by atoms with Crippen LogP contribution in [0.3, 0.4) is 0 Å². The van der Waals surface area contributed by atoms with Crippen LogP contribution in [0.25, 0.3) is 0 Å². The van der Waals surface area contributed by atoms with Crippen molar-refractivity contribution in [2.45, 2.75) is 31.7 Å². The molecule has 0 radical (unpaired) electrons. The first-order chi connectivity index (χ1) is 10.8. The second-order valence-corrected chi connectivity index (χ2v) is 8.35. The summed E-state index contributed by atoms with van der Waals surface area (Å²) in [5.41, 5.74) is 0.843. The highest BCUT2D eigenvalue weighted by Crippen LogP contribution is 2.26. The van der Waals surface area contributed by atoms with Crippen LogP contribution in [0.4, 0.5) is 0 Å². The van der Waals surface area contributed by atoms with Crippen LogP contribution in [-0.2, 0) is 21.2 Å². The van der Waals surface area contributed by atoms with E-state index in [-0.39, 0.29) is 11.9 Å². The number of nitrogens with zero attached hydrogens (tertiary/aromatic N) is 1. The van der Waals surface area contributed by atoms with E-state index >= 15 is 0 Å². The van der Waals surface area contributed by atoms with E-state index in [2.05, 4.69) is 4.72 Å². The van der Waals surface area contributed by atoms with Crippen molar-refractivity contribution in [1.29, 1.82) is 0 Å². The van der Waals surface area contributed by atoms with Gasteiger partial charge in [0.1, 0.15) is 0 Å². The molecule has 0 spiro atoms. The Kier molecular flexibility index (Phi) is 6.31. The molecule has 0 unspecified atom stereocenters. The van der Waals surface area contributed by atoms with Crippen LogP contribution < -0.4 is 4.72 Å². The fourth-order valence-corrected chi connectivity index (χ4v) is 3.96. The Morgan fingerprint density at radius 3 is 2.83 bits per heavy atom. The van der Waals surface area contributed by atoms with Crippen LogP contribution in [0.5, 0.6) is 0 Å². The number of piperidine rings is 1. The third kappa shape index (κ3) is 5.64. The van der Waals surface area contributed by atoms with Crippen molar-refractivity contribution < 1.29 is 13.2 Å².